The molecule has 36 heavy (non-hydrogen) atoms. The van der Waals surface area contributed by atoms with Gasteiger partial charge in [-0.3, -0.25) is 19.2 Å². The van der Waals surface area contributed by atoms with Crippen molar-refractivity contribution in [3.05, 3.63) is 89.4 Å². The van der Waals surface area contributed by atoms with E-state index in [1.165, 1.54) is 36.1 Å². The molecule has 9 heteroatoms. The van der Waals surface area contributed by atoms with Crippen LogP contribution in [0, 0.1) is 0 Å². The molecule has 0 bridgehead atoms. The number of carbonyl (C=O) groups excluding carboxylic acids is 4. The zero-order valence-corrected chi connectivity index (χ0v) is 20.2. The van der Waals surface area contributed by atoms with E-state index in [0.29, 0.717) is 22.0 Å². The predicted molar refractivity (Wildman–Crippen MR) is 133 cm³/mol. The summed E-state index contributed by atoms with van der Waals surface area (Å²) in [6.45, 7) is 0.987. The first-order chi connectivity index (χ1) is 17.3. The Morgan fingerprint density at radius 1 is 0.944 bits per heavy atom. The highest BCUT2D eigenvalue weighted by molar-refractivity contribution is 6.31. The van der Waals surface area contributed by atoms with Crippen LogP contribution in [0.1, 0.15) is 18.9 Å². The van der Waals surface area contributed by atoms with Gasteiger partial charge in [0, 0.05) is 18.5 Å². The Bertz CT molecular complexity index is 1280. The monoisotopic (exact) mass is 506 g/mol. The maximum Gasteiger partial charge on any atom is 0.308 e. The summed E-state index contributed by atoms with van der Waals surface area (Å²) in [5.74, 6) is -1.14. The maximum absolute atomic E-state index is 13.4. The van der Waals surface area contributed by atoms with Crippen LogP contribution >= 0.6 is 11.6 Å². The van der Waals surface area contributed by atoms with Gasteiger partial charge in [-0.25, -0.2) is 4.90 Å². The Morgan fingerprint density at radius 2 is 1.61 bits per heavy atom. The fourth-order valence-corrected chi connectivity index (χ4v) is 4.08. The third-order valence-corrected chi connectivity index (χ3v) is 5.95. The van der Waals surface area contributed by atoms with Crippen molar-refractivity contribution < 1.29 is 28.7 Å². The number of benzene rings is 3. The van der Waals surface area contributed by atoms with E-state index < -0.39 is 29.7 Å². The van der Waals surface area contributed by atoms with Crippen molar-refractivity contribution in [3.63, 3.8) is 0 Å². The minimum atomic E-state index is -1.03. The number of imide groups is 1. The lowest BCUT2D eigenvalue weighted by molar-refractivity contribution is -0.140. The average Bonchev–Trinajstić information content (AvgIpc) is 3.16. The van der Waals surface area contributed by atoms with E-state index in [1.54, 1.807) is 48.5 Å². The van der Waals surface area contributed by atoms with Crippen LogP contribution in [0.3, 0.4) is 0 Å². The molecule has 1 saturated heterocycles. The van der Waals surface area contributed by atoms with Gasteiger partial charge in [0.25, 0.3) is 11.8 Å². The van der Waals surface area contributed by atoms with Crippen LogP contribution in [0.2, 0.25) is 5.02 Å². The summed E-state index contributed by atoms with van der Waals surface area (Å²) < 4.78 is 10.6. The van der Waals surface area contributed by atoms with Crippen molar-refractivity contribution in [3.8, 4) is 11.5 Å². The molecule has 1 atom stereocenters. The highest BCUT2D eigenvalue weighted by Crippen LogP contribution is 2.29. The molecule has 4 rings (SSSR count). The lowest BCUT2D eigenvalue weighted by Crippen LogP contribution is -2.46. The number of anilines is 1. The van der Waals surface area contributed by atoms with Crippen LogP contribution in [0.25, 0.3) is 0 Å². The second-order valence-corrected chi connectivity index (χ2v) is 8.50. The van der Waals surface area contributed by atoms with Gasteiger partial charge in [0.2, 0.25) is 5.91 Å². The summed E-state index contributed by atoms with van der Waals surface area (Å²) in [7, 11) is 0. The van der Waals surface area contributed by atoms with E-state index in [1.807, 2.05) is 6.07 Å². The second-order valence-electron chi connectivity index (χ2n) is 8.09. The smallest absolute Gasteiger partial charge is 0.308 e. The number of amides is 3. The molecule has 3 amide bonds. The first-order valence-corrected chi connectivity index (χ1v) is 11.6. The Labute approximate surface area is 213 Å². The number of rotatable bonds is 8. The predicted octanol–water partition coefficient (Wildman–Crippen LogP) is 4.01. The van der Waals surface area contributed by atoms with Crippen molar-refractivity contribution in [2.24, 2.45) is 0 Å². The lowest BCUT2D eigenvalue weighted by Gasteiger charge is -2.28. The summed E-state index contributed by atoms with van der Waals surface area (Å²) in [5, 5.41) is 0.439. The lowest BCUT2D eigenvalue weighted by atomic mass is 10.1. The Hall–Kier alpha value is -4.17. The molecule has 0 N–H and O–H groups in total. The van der Waals surface area contributed by atoms with Gasteiger partial charge in [-0.15, -0.1) is 0 Å². The molecular formula is C27H23ClN2O6. The third-order valence-electron chi connectivity index (χ3n) is 5.58. The first-order valence-electron chi connectivity index (χ1n) is 11.2. The minimum Gasteiger partial charge on any atom is -0.484 e. The topological polar surface area (TPSA) is 93.2 Å². The SMILES string of the molecule is CC(=O)Oc1ccc(N2C(=O)CC(N(Cc3ccccc3Cl)C(=O)COc3ccccc3)C2=O)cc1. The Morgan fingerprint density at radius 3 is 2.28 bits per heavy atom. The van der Waals surface area contributed by atoms with Crippen LogP contribution in [-0.4, -0.2) is 41.2 Å². The van der Waals surface area contributed by atoms with Crippen molar-refractivity contribution in [1.29, 1.82) is 0 Å². The molecule has 1 fully saturated rings. The molecule has 1 heterocycles. The van der Waals surface area contributed by atoms with Gasteiger partial charge >= 0.3 is 5.97 Å². The molecule has 1 aliphatic rings. The zero-order valence-electron chi connectivity index (χ0n) is 19.4. The fraction of sp³-hybridized carbons (Fsp3) is 0.185. The molecule has 3 aromatic carbocycles. The average molecular weight is 507 g/mol. The summed E-state index contributed by atoms with van der Waals surface area (Å²) in [6.07, 6.45) is -0.188. The van der Waals surface area contributed by atoms with Gasteiger partial charge in [-0.1, -0.05) is 48.0 Å². The van der Waals surface area contributed by atoms with Gasteiger partial charge in [0.1, 0.15) is 17.5 Å². The Balaban J connectivity index is 1.57. The molecule has 0 saturated carbocycles. The second kappa shape index (κ2) is 11.0. The van der Waals surface area contributed by atoms with E-state index in [9.17, 15) is 19.2 Å². The molecule has 0 radical (unpaired) electrons. The number of nitrogens with zero attached hydrogens (tertiary/aromatic N) is 2. The van der Waals surface area contributed by atoms with Crippen LogP contribution < -0.4 is 14.4 Å². The fourth-order valence-electron chi connectivity index (χ4n) is 3.89. The van der Waals surface area contributed by atoms with Crippen molar-refractivity contribution in [2.45, 2.75) is 25.9 Å². The van der Waals surface area contributed by atoms with Gasteiger partial charge in [-0.05, 0) is 48.0 Å². The molecule has 3 aromatic rings. The number of carbonyl (C=O) groups is 4. The number of hydrogen-bond acceptors (Lipinski definition) is 6. The van der Waals surface area contributed by atoms with E-state index in [4.69, 9.17) is 21.1 Å². The molecule has 0 aliphatic carbocycles. The Kier molecular flexibility index (Phi) is 7.65. The van der Waals surface area contributed by atoms with Gasteiger partial charge < -0.3 is 14.4 Å². The van der Waals surface area contributed by atoms with Crippen molar-refractivity contribution >= 4 is 41.0 Å². The van der Waals surface area contributed by atoms with Gasteiger partial charge in [0.15, 0.2) is 6.61 Å². The van der Waals surface area contributed by atoms with Gasteiger partial charge in [-0.2, -0.15) is 0 Å². The number of ether oxygens (including phenoxy) is 2. The molecular weight excluding hydrogens is 484 g/mol. The number of esters is 1. The molecule has 1 aliphatic heterocycles. The van der Waals surface area contributed by atoms with Crippen molar-refractivity contribution in [1.82, 2.24) is 4.90 Å². The van der Waals surface area contributed by atoms with Crippen LogP contribution in [0.4, 0.5) is 5.69 Å². The van der Waals surface area contributed by atoms with Crippen LogP contribution in [0.5, 0.6) is 11.5 Å². The van der Waals surface area contributed by atoms with E-state index in [-0.39, 0.29) is 25.3 Å². The normalized spacial score (nSPS) is 15.1. The molecule has 0 aromatic heterocycles. The van der Waals surface area contributed by atoms with Crippen LogP contribution in [-0.2, 0) is 25.7 Å². The van der Waals surface area contributed by atoms with E-state index >= 15 is 0 Å². The number of hydrogen-bond donors (Lipinski definition) is 0. The van der Waals surface area contributed by atoms with Crippen molar-refractivity contribution in [2.75, 3.05) is 11.5 Å². The standard InChI is InChI=1S/C27H23ClN2O6/c1-18(31)36-22-13-11-20(12-14-22)30-25(32)15-24(27(30)34)29(16-19-7-5-6-10-23(19)28)26(33)17-35-21-8-3-2-4-9-21/h2-14,24H,15-17H2,1H3. The third kappa shape index (κ3) is 5.72. The quantitative estimate of drug-likeness (QED) is 0.260. The van der Waals surface area contributed by atoms with Crippen LogP contribution in [0.15, 0.2) is 78.9 Å². The summed E-state index contributed by atoms with van der Waals surface area (Å²) in [6, 6.07) is 20.8. The summed E-state index contributed by atoms with van der Waals surface area (Å²) >= 11 is 6.33. The number of halogens is 1. The highest BCUT2D eigenvalue weighted by atomic mass is 35.5. The molecule has 184 valence electrons. The number of para-hydroxylation sites is 1. The largest absolute Gasteiger partial charge is 0.484 e. The molecule has 8 nitrogen and oxygen atoms in total. The summed E-state index contributed by atoms with van der Waals surface area (Å²) in [4.78, 5) is 53.2. The van der Waals surface area contributed by atoms with E-state index in [2.05, 4.69) is 0 Å². The van der Waals surface area contributed by atoms with E-state index in [0.717, 1.165) is 4.90 Å². The summed E-state index contributed by atoms with van der Waals surface area (Å²) in [5.41, 5.74) is 0.950. The molecule has 0 spiro atoms. The molecule has 1 unspecified atom stereocenters. The minimum absolute atomic E-state index is 0.0274. The van der Waals surface area contributed by atoms with Gasteiger partial charge in [0.05, 0.1) is 12.1 Å². The highest BCUT2D eigenvalue weighted by Gasteiger charge is 2.44. The first kappa shape index (κ1) is 24.9. The maximum atomic E-state index is 13.4. The zero-order chi connectivity index (χ0) is 25.7.